The Morgan fingerprint density at radius 2 is 2.15 bits per heavy atom. The Labute approximate surface area is 119 Å². The van der Waals surface area contributed by atoms with Crippen molar-refractivity contribution in [3.63, 3.8) is 0 Å². The number of carboxylic acids is 1. The highest BCUT2D eigenvalue weighted by atomic mass is 16.4. The van der Waals surface area contributed by atoms with Gasteiger partial charge in [0.2, 0.25) is 5.91 Å². The molecule has 2 rings (SSSR count). The van der Waals surface area contributed by atoms with E-state index in [4.69, 9.17) is 5.11 Å². The maximum Gasteiger partial charge on any atom is 0.307 e. The lowest BCUT2D eigenvalue weighted by atomic mass is 9.81. The van der Waals surface area contributed by atoms with Crippen molar-refractivity contribution in [2.75, 3.05) is 5.32 Å². The lowest BCUT2D eigenvalue weighted by Crippen LogP contribution is -2.30. The first-order valence-corrected chi connectivity index (χ1v) is 7.00. The molecule has 1 aromatic rings. The van der Waals surface area contributed by atoms with E-state index in [2.05, 4.69) is 19.2 Å². The number of carbonyl (C=O) groups is 2. The second-order valence-electron chi connectivity index (χ2n) is 6.19. The third-order valence-corrected chi connectivity index (χ3v) is 4.12. The van der Waals surface area contributed by atoms with Crippen molar-refractivity contribution in [3.05, 3.63) is 29.8 Å². The van der Waals surface area contributed by atoms with Crippen LogP contribution in [-0.2, 0) is 16.0 Å². The lowest BCUT2D eigenvalue weighted by Gasteiger charge is -2.25. The van der Waals surface area contributed by atoms with Crippen LogP contribution in [0.4, 0.5) is 5.69 Å². The fourth-order valence-corrected chi connectivity index (χ4v) is 2.98. The zero-order chi connectivity index (χ0) is 14.8. The average Bonchev–Trinajstić information content (AvgIpc) is 2.68. The Morgan fingerprint density at radius 3 is 2.75 bits per heavy atom. The Balaban J connectivity index is 2.06. The van der Waals surface area contributed by atoms with Gasteiger partial charge in [0.25, 0.3) is 0 Å². The predicted octanol–water partition coefficient (Wildman–Crippen LogP) is 3.08. The molecule has 0 saturated heterocycles. The van der Waals surface area contributed by atoms with E-state index < -0.39 is 5.97 Å². The minimum atomic E-state index is -0.870. The summed E-state index contributed by atoms with van der Waals surface area (Å²) in [4.78, 5) is 23.0. The molecule has 0 bridgehead atoms. The van der Waals surface area contributed by atoms with E-state index in [0.717, 1.165) is 19.3 Å². The largest absolute Gasteiger partial charge is 0.481 e. The van der Waals surface area contributed by atoms with Gasteiger partial charge in [0.15, 0.2) is 0 Å². The van der Waals surface area contributed by atoms with Crippen LogP contribution in [0.5, 0.6) is 0 Å². The van der Waals surface area contributed by atoms with E-state index in [1.54, 1.807) is 24.3 Å². The SMILES string of the molecule is CC1(C)CCCC1C(=O)Nc1cccc(CC(=O)O)c1. The van der Waals surface area contributed by atoms with Gasteiger partial charge < -0.3 is 10.4 Å². The Hall–Kier alpha value is -1.84. The molecule has 0 aliphatic heterocycles. The van der Waals surface area contributed by atoms with Crippen LogP contribution in [0.15, 0.2) is 24.3 Å². The molecule has 1 amide bonds. The van der Waals surface area contributed by atoms with Crippen LogP contribution in [-0.4, -0.2) is 17.0 Å². The summed E-state index contributed by atoms with van der Waals surface area (Å²) in [7, 11) is 0. The Bertz CT molecular complexity index is 522. The molecule has 0 aromatic heterocycles. The van der Waals surface area contributed by atoms with Crippen LogP contribution in [0.3, 0.4) is 0 Å². The summed E-state index contributed by atoms with van der Waals surface area (Å²) in [6, 6.07) is 7.05. The Morgan fingerprint density at radius 1 is 1.40 bits per heavy atom. The van der Waals surface area contributed by atoms with Gasteiger partial charge in [0, 0.05) is 11.6 Å². The van der Waals surface area contributed by atoms with Gasteiger partial charge in [-0.25, -0.2) is 0 Å². The van der Waals surface area contributed by atoms with Crippen LogP contribution in [0.1, 0.15) is 38.7 Å². The van der Waals surface area contributed by atoms with Gasteiger partial charge in [-0.05, 0) is 36.0 Å². The second-order valence-corrected chi connectivity index (χ2v) is 6.19. The summed E-state index contributed by atoms with van der Waals surface area (Å²) in [6.07, 6.45) is 3.06. The highest BCUT2D eigenvalue weighted by molar-refractivity contribution is 5.93. The van der Waals surface area contributed by atoms with E-state index in [1.807, 2.05) is 0 Å². The van der Waals surface area contributed by atoms with Crippen LogP contribution >= 0.6 is 0 Å². The average molecular weight is 275 g/mol. The normalized spacial score (nSPS) is 20.6. The standard InChI is InChI=1S/C16H21NO3/c1-16(2)8-4-7-13(16)15(20)17-12-6-3-5-11(9-12)10-14(18)19/h3,5-6,9,13H,4,7-8,10H2,1-2H3,(H,17,20)(H,18,19). The monoisotopic (exact) mass is 275 g/mol. The zero-order valence-corrected chi connectivity index (χ0v) is 12.0. The van der Waals surface area contributed by atoms with Crippen LogP contribution in [0.25, 0.3) is 0 Å². The van der Waals surface area contributed by atoms with Crippen molar-refractivity contribution in [1.29, 1.82) is 0 Å². The quantitative estimate of drug-likeness (QED) is 0.887. The number of aliphatic carboxylic acids is 1. The molecule has 1 atom stereocenters. The number of benzene rings is 1. The molecular formula is C16H21NO3. The van der Waals surface area contributed by atoms with E-state index in [0.29, 0.717) is 11.3 Å². The minimum absolute atomic E-state index is 0.0291. The smallest absolute Gasteiger partial charge is 0.307 e. The van der Waals surface area contributed by atoms with Crippen molar-refractivity contribution in [2.24, 2.45) is 11.3 Å². The predicted molar refractivity (Wildman–Crippen MR) is 77.5 cm³/mol. The first-order chi connectivity index (χ1) is 9.38. The summed E-state index contributed by atoms with van der Waals surface area (Å²) in [5.41, 5.74) is 1.42. The number of carboxylic acid groups (broad SMARTS) is 1. The Kier molecular flexibility index (Phi) is 4.12. The van der Waals surface area contributed by atoms with Crippen LogP contribution in [0, 0.1) is 11.3 Å². The van der Waals surface area contributed by atoms with E-state index in [-0.39, 0.29) is 23.7 Å². The molecule has 0 radical (unpaired) electrons. The van der Waals surface area contributed by atoms with Gasteiger partial charge in [-0.1, -0.05) is 32.4 Å². The van der Waals surface area contributed by atoms with Crippen LogP contribution in [0.2, 0.25) is 0 Å². The first-order valence-electron chi connectivity index (χ1n) is 7.00. The number of rotatable bonds is 4. The number of hydrogen-bond donors (Lipinski definition) is 2. The third kappa shape index (κ3) is 3.38. The fourth-order valence-electron chi connectivity index (χ4n) is 2.98. The maximum absolute atomic E-state index is 12.3. The summed E-state index contributed by atoms with van der Waals surface area (Å²) in [5, 5.41) is 11.7. The summed E-state index contributed by atoms with van der Waals surface area (Å²) < 4.78 is 0. The molecule has 1 aromatic carbocycles. The zero-order valence-electron chi connectivity index (χ0n) is 12.0. The van der Waals surface area contributed by atoms with E-state index >= 15 is 0 Å². The van der Waals surface area contributed by atoms with Crippen molar-refractivity contribution in [1.82, 2.24) is 0 Å². The number of hydrogen-bond acceptors (Lipinski definition) is 2. The molecule has 1 unspecified atom stereocenters. The van der Waals surface area contributed by atoms with Crippen molar-refractivity contribution >= 4 is 17.6 Å². The van der Waals surface area contributed by atoms with Crippen molar-refractivity contribution in [2.45, 2.75) is 39.5 Å². The molecule has 1 aliphatic rings. The van der Waals surface area contributed by atoms with Crippen LogP contribution < -0.4 is 5.32 Å². The third-order valence-electron chi connectivity index (χ3n) is 4.12. The summed E-state index contributed by atoms with van der Waals surface area (Å²) in [5.74, 6) is -0.795. The maximum atomic E-state index is 12.3. The second kappa shape index (κ2) is 5.65. The first kappa shape index (κ1) is 14.6. The van der Waals surface area contributed by atoms with Crippen molar-refractivity contribution in [3.8, 4) is 0 Å². The molecule has 1 fully saturated rings. The molecular weight excluding hydrogens is 254 g/mol. The fraction of sp³-hybridized carbons (Fsp3) is 0.500. The number of carbonyl (C=O) groups excluding carboxylic acids is 1. The molecule has 0 spiro atoms. The number of anilines is 1. The molecule has 4 nitrogen and oxygen atoms in total. The summed E-state index contributed by atoms with van der Waals surface area (Å²) >= 11 is 0. The topological polar surface area (TPSA) is 66.4 Å². The van der Waals surface area contributed by atoms with Gasteiger partial charge >= 0.3 is 5.97 Å². The molecule has 1 aliphatic carbocycles. The van der Waals surface area contributed by atoms with Gasteiger partial charge in [0.1, 0.15) is 0 Å². The van der Waals surface area contributed by atoms with Crippen molar-refractivity contribution < 1.29 is 14.7 Å². The number of nitrogens with one attached hydrogen (secondary N) is 1. The molecule has 1 saturated carbocycles. The van der Waals surface area contributed by atoms with E-state index in [1.165, 1.54) is 0 Å². The highest BCUT2D eigenvalue weighted by Gasteiger charge is 2.39. The molecule has 0 heterocycles. The molecule has 2 N–H and O–H groups in total. The van der Waals surface area contributed by atoms with Gasteiger partial charge in [-0.2, -0.15) is 0 Å². The summed E-state index contributed by atoms with van der Waals surface area (Å²) in [6.45, 7) is 4.26. The van der Waals surface area contributed by atoms with Gasteiger partial charge in [0.05, 0.1) is 6.42 Å². The van der Waals surface area contributed by atoms with Gasteiger partial charge in [-0.3, -0.25) is 9.59 Å². The molecule has 4 heteroatoms. The lowest BCUT2D eigenvalue weighted by molar-refractivity contribution is -0.136. The molecule has 20 heavy (non-hydrogen) atoms. The van der Waals surface area contributed by atoms with Gasteiger partial charge in [-0.15, -0.1) is 0 Å². The van der Waals surface area contributed by atoms with E-state index in [9.17, 15) is 9.59 Å². The minimum Gasteiger partial charge on any atom is -0.481 e. The number of amides is 1. The molecule has 108 valence electrons. The highest BCUT2D eigenvalue weighted by Crippen LogP contribution is 2.43.